The van der Waals surface area contributed by atoms with Crippen molar-refractivity contribution in [1.82, 2.24) is 15.5 Å². The smallest absolute Gasteiger partial charge is 0.239 e. The molecule has 23 heavy (non-hydrogen) atoms. The third-order valence-corrected chi connectivity index (χ3v) is 4.65. The molecule has 0 aliphatic carbocycles. The van der Waals surface area contributed by atoms with E-state index >= 15 is 0 Å². The molecule has 1 aromatic rings. The predicted molar refractivity (Wildman–Crippen MR) is 90.7 cm³/mol. The first kappa shape index (κ1) is 17.5. The Bertz CT molecular complexity index is 591. The zero-order chi connectivity index (χ0) is 16.9. The highest BCUT2D eigenvalue weighted by atomic mass is 16.2. The van der Waals surface area contributed by atoms with E-state index in [9.17, 15) is 4.79 Å². The topological polar surface area (TPSA) is 68.2 Å². The molecule has 0 bridgehead atoms. The first-order valence-corrected chi connectivity index (χ1v) is 8.14. The van der Waals surface area contributed by atoms with Gasteiger partial charge in [0.05, 0.1) is 17.2 Å². The lowest BCUT2D eigenvalue weighted by atomic mass is 10.0. The van der Waals surface area contributed by atoms with Crippen LogP contribution in [0.2, 0.25) is 0 Å². The van der Waals surface area contributed by atoms with Gasteiger partial charge in [0.25, 0.3) is 0 Å². The maximum absolute atomic E-state index is 12.1. The molecule has 5 heteroatoms. The van der Waals surface area contributed by atoms with Crippen LogP contribution in [0, 0.1) is 17.2 Å². The molecular formula is C18H26N4O. The van der Waals surface area contributed by atoms with E-state index in [1.807, 2.05) is 38.1 Å². The van der Waals surface area contributed by atoms with Gasteiger partial charge in [-0.3, -0.25) is 9.69 Å². The monoisotopic (exact) mass is 314 g/mol. The quantitative estimate of drug-likeness (QED) is 0.835. The van der Waals surface area contributed by atoms with Crippen LogP contribution in [-0.4, -0.2) is 43.0 Å². The summed E-state index contributed by atoms with van der Waals surface area (Å²) in [5.41, 5.74) is 1.29. The van der Waals surface area contributed by atoms with Crippen molar-refractivity contribution in [3.63, 3.8) is 0 Å². The standard InChI is InChI=1S/C18H26N4O/c1-18(2,20-3)17(23)21-11-14-8-9-22(12-14)13-16-7-5-4-6-15(16)10-19/h4-7,14,20H,8-9,11-13H2,1-3H3,(H,21,23)/t14-/m1/s1. The van der Waals surface area contributed by atoms with Gasteiger partial charge in [0.15, 0.2) is 0 Å². The minimum Gasteiger partial charge on any atom is -0.354 e. The average Bonchev–Trinajstić information content (AvgIpc) is 3.00. The normalized spacial score (nSPS) is 18.6. The number of nitrogens with zero attached hydrogens (tertiary/aromatic N) is 2. The fourth-order valence-corrected chi connectivity index (χ4v) is 2.80. The largest absolute Gasteiger partial charge is 0.354 e. The molecule has 5 nitrogen and oxygen atoms in total. The summed E-state index contributed by atoms with van der Waals surface area (Å²) in [5, 5.41) is 15.2. The van der Waals surface area contributed by atoms with Crippen molar-refractivity contribution in [3.05, 3.63) is 35.4 Å². The lowest BCUT2D eigenvalue weighted by molar-refractivity contribution is -0.126. The van der Waals surface area contributed by atoms with Gasteiger partial charge in [-0.1, -0.05) is 18.2 Å². The van der Waals surface area contributed by atoms with Crippen LogP contribution in [0.3, 0.4) is 0 Å². The highest BCUT2D eigenvalue weighted by molar-refractivity contribution is 5.85. The van der Waals surface area contributed by atoms with Gasteiger partial charge in [0.2, 0.25) is 5.91 Å². The number of carbonyl (C=O) groups excluding carboxylic acids is 1. The Hall–Kier alpha value is -1.90. The molecule has 2 rings (SSSR count). The van der Waals surface area contributed by atoms with Crippen LogP contribution < -0.4 is 10.6 Å². The average molecular weight is 314 g/mol. The fourth-order valence-electron chi connectivity index (χ4n) is 2.80. The second-order valence-corrected chi connectivity index (χ2v) is 6.74. The highest BCUT2D eigenvalue weighted by Crippen LogP contribution is 2.19. The number of rotatable bonds is 6. The number of nitrogens with one attached hydrogen (secondary N) is 2. The van der Waals surface area contributed by atoms with Gasteiger partial charge in [-0.25, -0.2) is 0 Å². The van der Waals surface area contributed by atoms with E-state index in [1.54, 1.807) is 7.05 Å². The summed E-state index contributed by atoms with van der Waals surface area (Å²) in [6.45, 7) is 7.23. The van der Waals surface area contributed by atoms with E-state index in [4.69, 9.17) is 5.26 Å². The summed E-state index contributed by atoms with van der Waals surface area (Å²) in [7, 11) is 1.80. The van der Waals surface area contributed by atoms with Gasteiger partial charge in [-0.2, -0.15) is 5.26 Å². The Kier molecular flexibility index (Phi) is 5.75. The van der Waals surface area contributed by atoms with Crippen molar-refractivity contribution in [2.24, 2.45) is 5.92 Å². The summed E-state index contributed by atoms with van der Waals surface area (Å²) >= 11 is 0. The van der Waals surface area contributed by atoms with Gasteiger partial charge in [0.1, 0.15) is 0 Å². The Morgan fingerprint density at radius 1 is 1.43 bits per heavy atom. The van der Waals surface area contributed by atoms with Crippen LogP contribution in [0.1, 0.15) is 31.4 Å². The molecule has 1 aromatic carbocycles. The SMILES string of the molecule is CNC(C)(C)C(=O)NC[C@H]1CCN(Cc2ccccc2C#N)C1. The van der Waals surface area contributed by atoms with Crippen LogP contribution in [0.4, 0.5) is 0 Å². The number of carbonyl (C=O) groups is 1. The number of likely N-dealkylation sites (tertiary alicyclic amines) is 1. The molecule has 124 valence electrons. The van der Waals surface area contributed by atoms with E-state index in [-0.39, 0.29) is 5.91 Å². The molecule has 1 fully saturated rings. The maximum atomic E-state index is 12.1. The zero-order valence-electron chi connectivity index (χ0n) is 14.2. The van der Waals surface area contributed by atoms with Crippen LogP contribution in [0.15, 0.2) is 24.3 Å². The number of nitriles is 1. The Morgan fingerprint density at radius 3 is 2.87 bits per heavy atom. The highest BCUT2D eigenvalue weighted by Gasteiger charge is 2.28. The molecule has 1 heterocycles. The summed E-state index contributed by atoms with van der Waals surface area (Å²) in [6, 6.07) is 10.0. The minimum absolute atomic E-state index is 0.0354. The molecule has 0 unspecified atom stereocenters. The molecule has 1 atom stereocenters. The number of hydrogen-bond acceptors (Lipinski definition) is 4. The van der Waals surface area contributed by atoms with Gasteiger partial charge >= 0.3 is 0 Å². The van der Waals surface area contributed by atoms with Gasteiger partial charge in [-0.15, -0.1) is 0 Å². The molecule has 1 aliphatic rings. The van der Waals surface area contributed by atoms with Crippen molar-refractivity contribution in [3.8, 4) is 6.07 Å². The Morgan fingerprint density at radius 2 is 2.17 bits per heavy atom. The predicted octanol–water partition coefficient (Wildman–Crippen LogP) is 1.49. The Labute approximate surface area is 138 Å². The lowest BCUT2D eigenvalue weighted by Gasteiger charge is -2.24. The van der Waals surface area contributed by atoms with E-state index in [2.05, 4.69) is 21.6 Å². The number of hydrogen-bond donors (Lipinski definition) is 2. The van der Waals surface area contributed by atoms with Gasteiger partial charge in [0, 0.05) is 19.6 Å². The maximum Gasteiger partial charge on any atom is 0.239 e. The molecule has 2 N–H and O–H groups in total. The van der Waals surface area contributed by atoms with Crippen molar-refractivity contribution >= 4 is 5.91 Å². The third-order valence-electron chi connectivity index (χ3n) is 4.65. The van der Waals surface area contributed by atoms with E-state index < -0.39 is 5.54 Å². The van der Waals surface area contributed by atoms with Crippen molar-refractivity contribution in [1.29, 1.82) is 5.26 Å². The van der Waals surface area contributed by atoms with Crippen molar-refractivity contribution < 1.29 is 4.79 Å². The van der Waals surface area contributed by atoms with Crippen molar-refractivity contribution in [2.45, 2.75) is 32.4 Å². The molecule has 1 saturated heterocycles. The summed E-state index contributed by atoms with van der Waals surface area (Å²) in [6.07, 6.45) is 1.08. The van der Waals surface area contributed by atoms with Gasteiger partial charge in [-0.05, 0) is 51.4 Å². The van der Waals surface area contributed by atoms with Crippen LogP contribution in [0.5, 0.6) is 0 Å². The van der Waals surface area contributed by atoms with Crippen LogP contribution in [-0.2, 0) is 11.3 Å². The molecule has 0 spiro atoms. The van der Waals surface area contributed by atoms with Gasteiger partial charge < -0.3 is 10.6 Å². The number of benzene rings is 1. The summed E-state index contributed by atoms with van der Waals surface area (Å²) in [4.78, 5) is 14.4. The molecular weight excluding hydrogens is 288 g/mol. The number of likely N-dealkylation sites (N-methyl/N-ethyl adjacent to an activating group) is 1. The molecule has 0 saturated carbocycles. The summed E-state index contributed by atoms with van der Waals surface area (Å²) < 4.78 is 0. The van der Waals surface area contributed by atoms with E-state index in [1.165, 1.54) is 0 Å². The molecule has 0 aromatic heterocycles. The second-order valence-electron chi connectivity index (χ2n) is 6.74. The minimum atomic E-state index is -0.538. The molecule has 1 aliphatic heterocycles. The Balaban J connectivity index is 1.83. The molecule has 0 radical (unpaired) electrons. The summed E-state index contributed by atoms with van der Waals surface area (Å²) in [5.74, 6) is 0.508. The van der Waals surface area contributed by atoms with Crippen LogP contribution in [0.25, 0.3) is 0 Å². The fraction of sp³-hybridized carbons (Fsp3) is 0.556. The van der Waals surface area contributed by atoms with Crippen LogP contribution >= 0.6 is 0 Å². The molecule has 1 amide bonds. The lowest BCUT2D eigenvalue weighted by Crippen LogP contribution is -2.52. The third kappa shape index (κ3) is 4.54. The van der Waals surface area contributed by atoms with E-state index in [0.717, 1.165) is 37.2 Å². The van der Waals surface area contributed by atoms with E-state index in [0.29, 0.717) is 12.5 Å². The second kappa shape index (κ2) is 7.58. The zero-order valence-corrected chi connectivity index (χ0v) is 14.2. The first-order valence-electron chi connectivity index (χ1n) is 8.14. The first-order chi connectivity index (χ1) is 11.0. The number of amides is 1. The van der Waals surface area contributed by atoms with Crippen molar-refractivity contribution in [2.75, 3.05) is 26.7 Å².